The highest BCUT2D eigenvalue weighted by atomic mass is 16.5. The number of carbonyl (C=O) groups excluding carboxylic acids is 2. The molecule has 0 radical (unpaired) electrons. The molecule has 0 saturated carbocycles. The van der Waals surface area contributed by atoms with E-state index in [1.54, 1.807) is 11.8 Å². The van der Waals surface area contributed by atoms with Crippen LogP contribution in [0.5, 0.6) is 0 Å². The van der Waals surface area contributed by atoms with Crippen LogP contribution in [-0.2, 0) is 27.4 Å². The Morgan fingerprint density at radius 3 is 2.22 bits per heavy atom. The molecule has 5 heteroatoms. The number of hydrogen-bond donors (Lipinski definition) is 1. The number of nitrogens with one attached hydrogen (secondary N) is 1. The molecule has 1 heterocycles. The topological polar surface area (TPSA) is 58.6 Å². The van der Waals surface area contributed by atoms with E-state index in [1.165, 1.54) is 0 Å². The van der Waals surface area contributed by atoms with E-state index < -0.39 is 5.97 Å². The van der Waals surface area contributed by atoms with Crippen LogP contribution < -0.4 is 5.32 Å². The molecule has 1 atom stereocenters. The summed E-state index contributed by atoms with van der Waals surface area (Å²) in [6, 6.07) is 19.2. The molecule has 1 aliphatic rings. The second-order valence-electron chi connectivity index (χ2n) is 6.44. The van der Waals surface area contributed by atoms with Gasteiger partial charge in [0.25, 0.3) is 5.91 Å². The van der Waals surface area contributed by atoms with E-state index in [4.69, 9.17) is 4.74 Å². The summed E-state index contributed by atoms with van der Waals surface area (Å²) in [7, 11) is 0. The van der Waals surface area contributed by atoms with Crippen LogP contribution in [0.2, 0.25) is 0 Å². The highest BCUT2D eigenvalue weighted by molar-refractivity contribution is 6.07. The summed E-state index contributed by atoms with van der Waals surface area (Å²) in [5.74, 6) is -0.616. The molecule has 27 heavy (non-hydrogen) atoms. The lowest BCUT2D eigenvalue weighted by atomic mass is 10.1. The van der Waals surface area contributed by atoms with E-state index in [2.05, 4.69) is 5.32 Å². The standard InChI is InChI=1S/C22H24N2O3/c1-3-27-22(26)19-16(2)24(15-18-12-8-5-9-13-18)21(25)20(19)23-14-17-10-6-4-7-11-17/h4-13,16,23H,3,14-15H2,1-2H3. The molecule has 0 spiro atoms. The van der Waals surface area contributed by atoms with Gasteiger partial charge >= 0.3 is 5.97 Å². The molecule has 2 aromatic rings. The first-order chi connectivity index (χ1) is 13.1. The van der Waals surface area contributed by atoms with Gasteiger partial charge in [-0.2, -0.15) is 0 Å². The molecule has 3 rings (SSSR count). The number of nitrogens with zero attached hydrogens (tertiary/aromatic N) is 1. The molecule has 0 aromatic heterocycles. The first kappa shape index (κ1) is 18.7. The Bertz CT molecular complexity index is 831. The minimum Gasteiger partial charge on any atom is -0.463 e. The molecule has 140 valence electrons. The monoisotopic (exact) mass is 364 g/mol. The maximum absolute atomic E-state index is 13.1. The summed E-state index contributed by atoms with van der Waals surface area (Å²) in [6.07, 6.45) is 0. The van der Waals surface area contributed by atoms with E-state index in [-0.39, 0.29) is 18.6 Å². The molecule has 1 aliphatic heterocycles. The third kappa shape index (κ3) is 4.19. The Hall–Kier alpha value is -3.08. The van der Waals surface area contributed by atoms with Gasteiger partial charge in [0, 0.05) is 13.1 Å². The van der Waals surface area contributed by atoms with Gasteiger partial charge in [-0.25, -0.2) is 4.79 Å². The van der Waals surface area contributed by atoms with Gasteiger partial charge in [-0.1, -0.05) is 60.7 Å². The van der Waals surface area contributed by atoms with Crippen molar-refractivity contribution in [2.75, 3.05) is 6.61 Å². The SMILES string of the molecule is CCOC(=O)C1=C(NCc2ccccc2)C(=O)N(Cc2ccccc2)C1C. The van der Waals surface area contributed by atoms with Crippen molar-refractivity contribution in [1.29, 1.82) is 0 Å². The third-order valence-corrected chi connectivity index (χ3v) is 4.63. The van der Waals surface area contributed by atoms with E-state index in [0.717, 1.165) is 11.1 Å². The molecule has 1 unspecified atom stereocenters. The van der Waals surface area contributed by atoms with Crippen LogP contribution in [0.25, 0.3) is 0 Å². The lowest BCUT2D eigenvalue weighted by molar-refractivity contribution is -0.139. The average Bonchev–Trinajstić information content (AvgIpc) is 2.92. The fourth-order valence-electron chi connectivity index (χ4n) is 3.23. The second-order valence-corrected chi connectivity index (χ2v) is 6.44. The van der Waals surface area contributed by atoms with E-state index in [1.807, 2.05) is 67.6 Å². The average molecular weight is 364 g/mol. The predicted octanol–water partition coefficient (Wildman–Crippen LogP) is 3.02. The Balaban J connectivity index is 1.84. The third-order valence-electron chi connectivity index (χ3n) is 4.63. The predicted molar refractivity (Wildman–Crippen MR) is 103 cm³/mol. The first-order valence-electron chi connectivity index (χ1n) is 9.15. The largest absolute Gasteiger partial charge is 0.463 e. The van der Waals surface area contributed by atoms with E-state index >= 15 is 0 Å². The molecular weight excluding hydrogens is 340 g/mol. The van der Waals surface area contributed by atoms with Gasteiger partial charge in [0.15, 0.2) is 0 Å². The van der Waals surface area contributed by atoms with Crippen molar-refractivity contribution >= 4 is 11.9 Å². The van der Waals surface area contributed by atoms with Gasteiger partial charge in [-0.05, 0) is 25.0 Å². The molecular formula is C22H24N2O3. The van der Waals surface area contributed by atoms with Crippen molar-refractivity contribution in [1.82, 2.24) is 10.2 Å². The fraction of sp³-hybridized carbons (Fsp3) is 0.273. The molecule has 0 saturated heterocycles. The Labute approximate surface area is 159 Å². The molecule has 1 N–H and O–H groups in total. The molecule has 0 bridgehead atoms. The van der Waals surface area contributed by atoms with Crippen molar-refractivity contribution in [3.63, 3.8) is 0 Å². The van der Waals surface area contributed by atoms with Crippen LogP contribution in [0.3, 0.4) is 0 Å². The van der Waals surface area contributed by atoms with Crippen LogP contribution in [-0.4, -0.2) is 29.4 Å². The summed E-state index contributed by atoms with van der Waals surface area (Å²) >= 11 is 0. The number of ether oxygens (including phenoxy) is 1. The molecule has 0 aliphatic carbocycles. The zero-order chi connectivity index (χ0) is 19.2. The van der Waals surface area contributed by atoms with Crippen LogP contribution in [0.4, 0.5) is 0 Å². The molecule has 5 nitrogen and oxygen atoms in total. The maximum atomic E-state index is 13.1. The van der Waals surface area contributed by atoms with Gasteiger partial charge in [0.1, 0.15) is 5.70 Å². The Morgan fingerprint density at radius 2 is 1.63 bits per heavy atom. The van der Waals surface area contributed by atoms with Gasteiger partial charge < -0.3 is 15.0 Å². The number of carbonyl (C=O) groups is 2. The molecule has 2 aromatic carbocycles. The minimum absolute atomic E-state index is 0.176. The lowest BCUT2D eigenvalue weighted by Crippen LogP contribution is -2.35. The zero-order valence-corrected chi connectivity index (χ0v) is 15.6. The summed E-state index contributed by atoms with van der Waals surface area (Å²) in [5.41, 5.74) is 2.79. The first-order valence-corrected chi connectivity index (χ1v) is 9.15. The molecule has 1 amide bonds. The maximum Gasteiger partial charge on any atom is 0.338 e. The normalized spacial score (nSPS) is 16.6. The van der Waals surface area contributed by atoms with Gasteiger partial charge in [0.2, 0.25) is 0 Å². The lowest BCUT2D eigenvalue weighted by Gasteiger charge is -2.23. The van der Waals surface area contributed by atoms with Gasteiger partial charge in [-0.15, -0.1) is 0 Å². The highest BCUT2D eigenvalue weighted by Gasteiger charge is 2.40. The van der Waals surface area contributed by atoms with Crippen molar-refractivity contribution in [2.24, 2.45) is 0 Å². The van der Waals surface area contributed by atoms with Crippen LogP contribution in [0, 0.1) is 0 Å². The van der Waals surface area contributed by atoms with Gasteiger partial charge in [-0.3, -0.25) is 4.79 Å². The van der Waals surface area contributed by atoms with E-state index in [9.17, 15) is 9.59 Å². The quantitative estimate of drug-likeness (QED) is 0.768. The Morgan fingerprint density at radius 1 is 1.04 bits per heavy atom. The van der Waals surface area contributed by atoms with Crippen LogP contribution in [0.15, 0.2) is 71.9 Å². The van der Waals surface area contributed by atoms with Crippen molar-refractivity contribution in [2.45, 2.75) is 33.0 Å². The van der Waals surface area contributed by atoms with Crippen molar-refractivity contribution in [3.05, 3.63) is 83.1 Å². The summed E-state index contributed by atoms with van der Waals surface area (Å²) in [4.78, 5) is 27.3. The van der Waals surface area contributed by atoms with Crippen LogP contribution in [0.1, 0.15) is 25.0 Å². The summed E-state index contributed by atoms with van der Waals surface area (Å²) < 4.78 is 5.21. The number of hydrogen-bond acceptors (Lipinski definition) is 4. The Kier molecular flexibility index (Phi) is 5.91. The van der Waals surface area contributed by atoms with Crippen LogP contribution >= 0.6 is 0 Å². The van der Waals surface area contributed by atoms with E-state index in [0.29, 0.717) is 24.4 Å². The van der Waals surface area contributed by atoms with Crippen molar-refractivity contribution < 1.29 is 14.3 Å². The second kappa shape index (κ2) is 8.54. The van der Waals surface area contributed by atoms with Gasteiger partial charge in [0.05, 0.1) is 18.2 Å². The summed E-state index contributed by atoms with van der Waals surface area (Å²) in [5, 5.41) is 3.17. The number of benzene rings is 2. The number of rotatable bonds is 7. The minimum atomic E-state index is -0.440. The molecule has 0 fully saturated rings. The summed E-state index contributed by atoms with van der Waals surface area (Å²) in [6.45, 7) is 4.81. The zero-order valence-electron chi connectivity index (χ0n) is 15.6. The fourth-order valence-corrected chi connectivity index (χ4v) is 3.23. The number of amides is 1. The number of esters is 1. The smallest absolute Gasteiger partial charge is 0.338 e. The van der Waals surface area contributed by atoms with Crippen molar-refractivity contribution in [3.8, 4) is 0 Å². The highest BCUT2D eigenvalue weighted by Crippen LogP contribution is 2.27.